The van der Waals surface area contributed by atoms with Crippen molar-refractivity contribution in [2.45, 2.75) is 11.8 Å². The molecule has 0 saturated heterocycles. The molecule has 0 aliphatic carbocycles. The SMILES string of the molecule is COc1cccc(/C=N/NC(=O)CSc2cc(C)nc3c(OC)cccc23)c1OC. The molecule has 0 bridgehead atoms. The largest absolute Gasteiger partial charge is 0.494 e. The highest BCUT2D eigenvalue weighted by atomic mass is 32.2. The van der Waals surface area contributed by atoms with Gasteiger partial charge in [-0.2, -0.15) is 5.10 Å². The van der Waals surface area contributed by atoms with Gasteiger partial charge in [-0.05, 0) is 31.2 Å². The predicted octanol–water partition coefficient (Wildman–Crippen LogP) is 3.81. The van der Waals surface area contributed by atoms with Gasteiger partial charge in [0, 0.05) is 21.5 Å². The zero-order chi connectivity index (χ0) is 21.5. The first-order valence-electron chi connectivity index (χ1n) is 9.17. The number of amides is 1. The fraction of sp³-hybridized carbons (Fsp3) is 0.227. The number of para-hydroxylation sites is 2. The van der Waals surface area contributed by atoms with Crippen LogP contribution in [0.3, 0.4) is 0 Å². The fourth-order valence-corrected chi connectivity index (χ4v) is 3.89. The number of carbonyl (C=O) groups excluding carboxylic acids is 1. The summed E-state index contributed by atoms with van der Waals surface area (Å²) in [6.07, 6.45) is 1.53. The number of aryl methyl sites for hydroxylation is 1. The Labute approximate surface area is 179 Å². The van der Waals surface area contributed by atoms with Crippen LogP contribution in [0.4, 0.5) is 0 Å². The molecule has 1 heterocycles. The first kappa shape index (κ1) is 21.4. The molecule has 156 valence electrons. The van der Waals surface area contributed by atoms with Crippen molar-refractivity contribution in [3.63, 3.8) is 0 Å². The van der Waals surface area contributed by atoms with Gasteiger partial charge in [-0.15, -0.1) is 11.8 Å². The van der Waals surface area contributed by atoms with Gasteiger partial charge >= 0.3 is 0 Å². The molecule has 2 aromatic carbocycles. The van der Waals surface area contributed by atoms with E-state index in [0.29, 0.717) is 22.8 Å². The molecular weight excluding hydrogens is 402 g/mol. The molecule has 1 N–H and O–H groups in total. The lowest BCUT2D eigenvalue weighted by Gasteiger charge is -2.10. The van der Waals surface area contributed by atoms with Crippen molar-refractivity contribution in [2.75, 3.05) is 27.1 Å². The molecule has 0 saturated carbocycles. The summed E-state index contributed by atoms with van der Waals surface area (Å²) in [5.74, 6) is 1.85. The first-order valence-corrected chi connectivity index (χ1v) is 10.2. The van der Waals surface area contributed by atoms with Crippen molar-refractivity contribution in [1.29, 1.82) is 0 Å². The van der Waals surface area contributed by atoms with Gasteiger partial charge in [-0.25, -0.2) is 10.4 Å². The number of nitrogens with one attached hydrogen (secondary N) is 1. The average molecular weight is 426 g/mol. The Balaban J connectivity index is 1.68. The topological polar surface area (TPSA) is 82.0 Å². The Morgan fingerprint density at radius 2 is 1.83 bits per heavy atom. The molecule has 8 heteroatoms. The van der Waals surface area contributed by atoms with Crippen molar-refractivity contribution in [1.82, 2.24) is 10.4 Å². The minimum atomic E-state index is -0.219. The molecule has 30 heavy (non-hydrogen) atoms. The first-order chi connectivity index (χ1) is 14.6. The summed E-state index contributed by atoms with van der Waals surface area (Å²) in [7, 11) is 4.74. The lowest BCUT2D eigenvalue weighted by Crippen LogP contribution is -2.19. The number of carbonyl (C=O) groups is 1. The number of rotatable bonds is 8. The lowest BCUT2D eigenvalue weighted by atomic mass is 10.2. The zero-order valence-electron chi connectivity index (χ0n) is 17.3. The number of nitrogens with zero attached hydrogens (tertiary/aromatic N) is 2. The average Bonchev–Trinajstić information content (AvgIpc) is 2.76. The summed E-state index contributed by atoms with van der Waals surface area (Å²) in [6.45, 7) is 1.92. The van der Waals surface area contributed by atoms with E-state index in [9.17, 15) is 4.79 Å². The van der Waals surface area contributed by atoms with Gasteiger partial charge in [0.2, 0.25) is 5.91 Å². The van der Waals surface area contributed by atoms with Crippen LogP contribution in [0.25, 0.3) is 10.9 Å². The lowest BCUT2D eigenvalue weighted by molar-refractivity contribution is -0.118. The van der Waals surface area contributed by atoms with Crippen molar-refractivity contribution < 1.29 is 19.0 Å². The summed E-state index contributed by atoms with van der Waals surface area (Å²) in [6, 6.07) is 13.2. The Kier molecular flexibility index (Phi) is 7.13. The maximum Gasteiger partial charge on any atom is 0.250 e. The number of pyridine rings is 1. The molecular formula is C22H23N3O4S. The fourth-order valence-electron chi connectivity index (χ4n) is 2.96. The number of hydrogen-bond acceptors (Lipinski definition) is 7. The number of methoxy groups -OCH3 is 3. The second kappa shape index (κ2) is 9.98. The maximum absolute atomic E-state index is 12.3. The van der Waals surface area contributed by atoms with Gasteiger partial charge in [-0.3, -0.25) is 4.79 Å². The van der Waals surface area contributed by atoms with E-state index in [-0.39, 0.29) is 11.7 Å². The Bertz CT molecular complexity index is 1090. The third-order valence-electron chi connectivity index (χ3n) is 4.30. The van der Waals surface area contributed by atoms with Crippen LogP contribution in [0.1, 0.15) is 11.3 Å². The summed E-state index contributed by atoms with van der Waals surface area (Å²) in [5.41, 5.74) is 4.89. The van der Waals surface area contributed by atoms with E-state index in [1.807, 2.05) is 43.3 Å². The number of thioether (sulfide) groups is 1. The standard InChI is InChI=1S/C22H23N3O4S/c1-14-11-19(16-8-6-9-17(27-2)21(16)24-14)30-13-20(26)25-23-12-15-7-5-10-18(28-3)22(15)29-4/h5-12H,13H2,1-4H3,(H,25,26)/b23-12+. The Hall–Kier alpha value is -3.26. The zero-order valence-corrected chi connectivity index (χ0v) is 18.1. The summed E-state index contributed by atoms with van der Waals surface area (Å²) >= 11 is 1.43. The molecule has 3 aromatic rings. The molecule has 0 aliphatic heterocycles. The highest BCUT2D eigenvalue weighted by Gasteiger charge is 2.11. The molecule has 0 radical (unpaired) electrons. The van der Waals surface area contributed by atoms with E-state index >= 15 is 0 Å². The van der Waals surface area contributed by atoms with Gasteiger partial charge in [0.1, 0.15) is 11.3 Å². The van der Waals surface area contributed by atoms with Crippen molar-refractivity contribution in [3.05, 3.63) is 53.7 Å². The van der Waals surface area contributed by atoms with Crippen LogP contribution in [0, 0.1) is 6.92 Å². The van der Waals surface area contributed by atoms with Gasteiger partial charge in [0.25, 0.3) is 0 Å². The highest BCUT2D eigenvalue weighted by molar-refractivity contribution is 8.00. The summed E-state index contributed by atoms with van der Waals surface area (Å²) in [4.78, 5) is 17.8. The van der Waals surface area contributed by atoms with E-state index < -0.39 is 0 Å². The third-order valence-corrected chi connectivity index (χ3v) is 5.35. The van der Waals surface area contributed by atoms with Gasteiger partial charge in [0.15, 0.2) is 11.5 Å². The van der Waals surface area contributed by atoms with Crippen molar-refractivity contribution in [3.8, 4) is 17.2 Å². The van der Waals surface area contributed by atoms with Crippen LogP contribution in [-0.2, 0) is 4.79 Å². The van der Waals surface area contributed by atoms with Crippen LogP contribution in [0.5, 0.6) is 17.2 Å². The van der Waals surface area contributed by atoms with Crippen LogP contribution in [0.15, 0.2) is 52.5 Å². The third kappa shape index (κ3) is 4.83. The highest BCUT2D eigenvalue weighted by Crippen LogP contribution is 2.32. The van der Waals surface area contributed by atoms with Gasteiger partial charge in [-0.1, -0.05) is 18.2 Å². The van der Waals surface area contributed by atoms with Crippen LogP contribution in [0.2, 0.25) is 0 Å². The van der Waals surface area contributed by atoms with Gasteiger partial charge < -0.3 is 14.2 Å². The van der Waals surface area contributed by atoms with Crippen LogP contribution < -0.4 is 19.6 Å². The van der Waals surface area contributed by atoms with Crippen molar-refractivity contribution >= 4 is 34.8 Å². The molecule has 0 spiro atoms. The number of fused-ring (bicyclic) bond motifs is 1. The molecule has 1 aromatic heterocycles. The van der Waals surface area contributed by atoms with Crippen LogP contribution >= 0.6 is 11.8 Å². The second-order valence-corrected chi connectivity index (χ2v) is 7.30. The number of hydrazone groups is 1. The molecule has 0 fully saturated rings. The van der Waals surface area contributed by atoms with E-state index in [2.05, 4.69) is 15.5 Å². The normalized spacial score (nSPS) is 10.9. The van der Waals surface area contributed by atoms with E-state index in [1.54, 1.807) is 27.4 Å². The molecule has 1 amide bonds. The smallest absolute Gasteiger partial charge is 0.250 e. The quantitative estimate of drug-likeness (QED) is 0.336. The Morgan fingerprint density at radius 3 is 2.57 bits per heavy atom. The molecule has 0 unspecified atom stereocenters. The monoisotopic (exact) mass is 425 g/mol. The predicted molar refractivity (Wildman–Crippen MR) is 119 cm³/mol. The molecule has 3 rings (SSSR count). The Morgan fingerprint density at radius 1 is 1.10 bits per heavy atom. The number of aromatic nitrogens is 1. The minimum absolute atomic E-state index is 0.211. The summed E-state index contributed by atoms with van der Waals surface area (Å²) in [5, 5.41) is 4.99. The van der Waals surface area contributed by atoms with Gasteiger partial charge in [0.05, 0.1) is 33.3 Å². The minimum Gasteiger partial charge on any atom is -0.494 e. The molecule has 7 nitrogen and oxygen atoms in total. The van der Waals surface area contributed by atoms with Crippen molar-refractivity contribution in [2.24, 2.45) is 5.10 Å². The van der Waals surface area contributed by atoms with E-state index in [4.69, 9.17) is 14.2 Å². The second-order valence-electron chi connectivity index (χ2n) is 6.28. The molecule has 0 aliphatic rings. The van der Waals surface area contributed by atoms with E-state index in [0.717, 1.165) is 21.5 Å². The summed E-state index contributed by atoms with van der Waals surface area (Å²) < 4.78 is 16.0. The van der Waals surface area contributed by atoms with Crippen LogP contribution in [-0.4, -0.2) is 44.2 Å². The molecule has 0 atom stereocenters. The maximum atomic E-state index is 12.3. The number of ether oxygens (including phenoxy) is 3. The number of benzene rings is 2. The van der Waals surface area contributed by atoms with E-state index in [1.165, 1.54) is 18.0 Å². The number of hydrogen-bond donors (Lipinski definition) is 1.